The molecule has 0 atom stereocenters. The van der Waals surface area contributed by atoms with Gasteiger partial charge in [0.2, 0.25) is 0 Å². The summed E-state index contributed by atoms with van der Waals surface area (Å²) in [7, 11) is 0. The number of benzene rings is 1. The third-order valence-electron chi connectivity index (χ3n) is 1.22. The van der Waals surface area contributed by atoms with Crippen LogP contribution in [0.5, 0.6) is 0 Å². The molecule has 0 aliphatic carbocycles. The zero-order valence-corrected chi connectivity index (χ0v) is 7.60. The van der Waals surface area contributed by atoms with Crippen LogP contribution in [-0.2, 0) is 4.79 Å². The van der Waals surface area contributed by atoms with Crippen molar-refractivity contribution < 1.29 is 20.2 Å². The van der Waals surface area contributed by atoms with Crippen LogP contribution in [0, 0.1) is 0 Å². The lowest BCUT2D eigenvalue weighted by atomic mass is 10.2. The highest BCUT2D eigenvalue weighted by Crippen LogP contribution is 2.08. The van der Waals surface area contributed by atoms with Gasteiger partial charge in [-0.1, -0.05) is 11.6 Å². The molecule has 0 saturated heterocycles. The van der Waals surface area contributed by atoms with Gasteiger partial charge in [-0.05, 0) is 24.2 Å². The van der Waals surface area contributed by atoms with E-state index in [-0.39, 0.29) is 5.02 Å². The van der Waals surface area contributed by atoms with Crippen molar-refractivity contribution in [3.8, 4) is 0 Å². The van der Waals surface area contributed by atoms with Gasteiger partial charge < -0.3 is 10.4 Å². The van der Waals surface area contributed by atoms with Gasteiger partial charge in [0.1, 0.15) is 6.54 Å². The second-order valence-corrected chi connectivity index (χ2v) is 2.64. The maximum Gasteiger partial charge on any atom is 0.322 e. The number of halogens is 1. The fraction of sp³-hybridized carbons (Fsp3) is 0.111. The first-order valence-electron chi connectivity index (χ1n) is 5.53. The SMILES string of the molecule is [2H]c1c([2H])c(C(=O)NCC(=O)O)c([2H])c([2H])c1Cl. The topological polar surface area (TPSA) is 66.4 Å². The highest BCUT2D eigenvalue weighted by molar-refractivity contribution is 6.30. The molecule has 4 nitrogen and oxygen atoms in total. The molecule has 74 valence electrons. The smallest absolute Gasteiger partial charge is 0.322 e. The van der Waals surface area contributed by atoms with Gasteiger partial charge in [0.05, 0.1) is 5.48 Å². The van der Waals surface area contributed by atoms with Crippen LogP contribution in [0.15, 0.2) is 24.2 Å². The van der Waals surface area contributed by atoms with Gasteiger partial charge in [-0.3, -0.25) is 9.59 Å². The average molecular weight is 218 g/mol. The third-order valence-corrected chi connectivity index (χ3v) is 1.41. The number of carbonyl (C=O) groups is 2. The predicted octanol–water partition coefficient (Wildman–Crippen LogP) is 1.15. The Morgan fingerprint density at radius 3 is 2.50 bits per heavy atom. The minimum absolute atomic E-state index is 0.389. The molecular weight excluding hydrogens is 206 g/mol. The number of carbonyl (C=O) groups excluding carboxylic acids is 1. The molecule has 1 aromatic carbocycles. The van der Waals surface area contributed by atoms with Crippen molar-refractivity contribution in [2.24, 2.45) is 0 Å². The van der Waals surface area contributed by atoms with Crippen molar-refractivity contribution >= 4 is 23.5 Å². The lowest BCUT2D eigenvalue weighted by Gasteiger charge is -2.01. The second kappa shape index (κ2) is 4.62. The van der Waals surface area contributed by atoms with E-state index in [9.17, 15) is 9.59 Å². The average Bonchev–Trinajstić information content (AvgIpc) is 2.31. The summed E-state index contributed by atoms with van der Waals surface area (Å²) in [6.07, 6.45) is 0. The maximum absolute atomic E-state index is 11.6. The lowest BCUT2D eigenvalue weighted by Crippen LogP contribution is -2.29. The molecule has 0 aliphatic rings. The minimum atomic E-state index is -1.28. The molecule has 0 radical (unpaired) electrons. The van der Waals surface area contributed by atoms with E-state index >= 15 is 0 Å². The van der Waals surface area contributed by atoms with Crippen LogP contribution >= 0.6 is 11.6 Å². The monoisotopic (exact) mass is 217 g/mol. The molecule has 1 aromatic rings. The number of hydrogen-bond acceptors (Lipinski definition) is 2. The number of amides is 1. The summed E-state index contributed by atoms with van der Waals surface area (Å²) in [5.41, 5.74) is -0.532. The third kappa shape index (κ3) is 3.06. The standard InChI is InChI=1S/C9H8ClNO3/c10-7-3-1-6(2-4-7)9(14)11-5-8(12)13/h1-4H,5H2,(H,11,14)(H,12,13)/i1D,2D,3D,4D. The van der Waals surface area contributed by atoms with E-state index in [1.807, 2.05) is 5.32 Å². The molecule has 0 unspecified atom stereocenters. The fourth-order valence-corrected chi connectivity index (χ4v) is 0.750. The summed E-state index contributed by atoms with van der Waals surface area (Å²) in [6, 6.07) is -2.30. The first-order chi connectivity index (χ1) is 8.27. The Kier molecular flexibility index (Phi) is 1.99. The Hall–Kier alpha value is -1.55. The summed E-state index contributed by atoms with van der Waals surface area (Å²) < 4.78 is 29.8. The van der Waals surface area contributed by atoms with Crippen molar-refractivity contribution in [1.82, 2.24) is 5.32 Å². The first kappa shape index (κ1) is 6.03. The van der Waals surface area contributed by atoms with Crippen LogP contribution < -0.4 is 5.32 Å². The van der Waals surface area contributed by atoms with Crippen molar-refractivity contribution in [2.45, 2.75) is 0 Å². The van der Waals surface area contributed by atoms with E-state index in [0.717, 1.165) is 0 Å². The molecule has 0 saturated carbocycles. The Balaban J connectivity index is 3.24. The summed E-state index contributed by atoms with van der Waals surface area (Å²) in [6.45, 7) is -0.680. The van der Waals surface area contributed by atoms with Crippen LogP contribution in [0.1, 0.15) is 15.8 Å². The van der Waals surface area contributed by atoms with Crippen molar-refractivity contribution in [3.05, 3.63) is 34.8 Å². The molecule has 0 spiro atoms. The highest BCUT2D eigenvalue weighted by Gasteiger charge is 2.05. The molecule has 2 N–H and O–H groups in total. The van der Waals surface area contributed by atoms with Gasteiger partial charge in [-0.2, -0.15) is 0 Å². The number of carboxylic acids is 1. The fourth-order valence-electron chi connectivity index (χ4n) is 0.655. The van der Waals surface area contributed by atoms with Gasteiger partial charge in [0, 0.05) is 10.6 Å². The molecule has 0 bridgehead atoms. The molecule has 1 rings (SSSR count). The first-order valence-corrected chi connectivity index (χ1v) is 3.91. The number of rotatable bonds is 3. The van der Waals surface area contributed by atoms with E-state index in [1.54, 1.807) is 0 Å². The van der Waals surface area contributed by atoms with Gasteiger partial charge in [-0.15, -0.1) is 0 Å². The van der Waals surface area contributed by atoms with Crippen LogP contribution in [-0.4, -0.2) is 23.5 Å². The maximum atomic E-state index is 11.6. The number of hydrogen-bond donors (Lipinski definition) is 2. The van der Waals surface area contributed by atoms with Crippen molar-refractivity contribution in [1.29, 1.82) is 0 Å². The number of nitrogens with one attached hydrogen (secondary N) is 1. The zero-order chi connectivity index (χ0) is 14.0. The summed E-state index contributed by atoms with van der Waals surface area (Å²) in [5.74, 6) is -2.28. The van der Waals surface area contributed by atoms with Gasteiger partial charge in [-0.25, -0.2) is 0 Å². The van der Waals surface area contributed by atoms with Crippen molar-refractivity contribution in [3.63, 3.8) is 0 Å². The summed E-state index contributed by atoms with van der Waals surface area (Å²) in [4.78, 5) is 21.9. The van der Waals surface area contributed by atoms with Crippen molar-refractivity contribution in [2.75, 3.05) is 6.54 Å². The van der Waals surface area contributed by atoms with Crippen LogP contribution in [0.25, 0.3) is 0 Å². The highest BCUT2D eigenvalue weighted by atomic mass is 35.5. The van der Waals surface area contributed by atoms with Crippen LogP contribution in [0.3, 0.4) is 0 Å². The molecular formula is C9H8ClNO3. The van der Waals surface area contributed by atoms with E-state index in [4.69, 9.17) is 22.2 Å². The molecule has 5 heteroatoms. The Labute approximate surface area is 91.1 Å². The normalized spacial score (nSPS) is 13.5. The second-order valence-electron chi connectivity index (χ2n) is 2.27. The van der Waals surface area contributed by atoms with Gasteiger partial charge in [0.15, 0.2) is 0 Å². The molecule has 0 aliphatic heterocycles. The zero-order valence-electron chi connectivity index (χ0n) is 10.8. The summed E-state index contributed by atoms with van der Waals surface area (Å²) in [5, 5.41) is 9.97. The van der Waals surface area contributed by atoms with E-state index in [1.165, 1.54) is 0 Å². The van der Waals surface area contributed by atoms with Gasteiger partial charge in [0.25, 0.3) is 5.91 Å². The summed E-state index contributed by atoms with van der Waals surface area (Å²) >= 11 is 5.55. The van der Waals surface area contributed by atoms with Crippen LogP contribution in [0.4, 0.5) is 0 Å². The minimum Gasteiger partial charge on any atom is -0.480 e. The molecule has 0 heterocycles. The molecule has 14 heavy (non-hydrogen) atoms. The van der Waals surface area contributed by atoms with E-state index in [0.29, 0.717) is 0 Å². The quantitative estimate of drug-likeness (QED) is 0.798. The Morgan fingerprint density at radius 2 is 2.00 bits per heavy atom. The Bertz CT molecular complexity index is 506. The number of carboxylic acid groups (broad SMARTS) is 1. The van der Waals surface area contributed by atoms with Gasteiger partial charge >= 0.3 is 5.97 Å². The largest absolute Gasteiger partial charge is 0.480 e. The van der Waals surface area contributed by atoms with E-state index in [2.05, 4.69) is 0 Å². The molecule has 0 fully saturated rings. The predicted molar refractivity (Wildman–Crippen MR) is 51.4 cm³/mol. The van der Waals surface area contributed by atoms with Crippen LogP contribution in [0.2, 0.25) is 5.02 Å². The van der Waals surface area contributed by atoms with E-state index < -0.39 is 48.2 Å². The molecule has 0 aromatic heterocycles. The number of aliphatic carboxylic acids is 1. The Morgan fingerprint density at radius 1 is 1.43 bits per heavy atom. The molecule has 1 amide bonds. The lowest BCUT2D eigenvalue weighted by molar-refractivity contribution is -0.135.